The van der Waals surface area contributed by atoms with E-state index in [-0.39, 0.29) is 18.0 Å². The maximum absolute atomic E-state index is 13.0. The largest absolute Gasteiger partial charge is 0.378 e. The molecular weight excluding hydrogens is 590 g/mol. The predicted molar refractivity (Wildman–Crippen MR) is 178 cm³/mol. The summed E-state index contributed by atoms with van der Waals surface area (Å²) in [6.45, 7) is 12.1. The summed E-state index contributed by atoms with van der Waals surface area (Å²) in [5.41, 5.74) is 3.01. The molecule has 2 unspecified atom stereocenters. The number of ether oxygens (including phenoxy) is 2. The first-order valence-corrected chi connectivity index (χ1v) is 16.5. The second-order valence-electron chi connectivity index (χ2n) is 12.0. The number of anilines is 2. The first kappa shape index (κ1) is 31.4. The van der Waals surface area contributed by atoms with E-state index in [1.165, 1.54) is 5.03 Å². The van der Waals surface area contributed by atoms with Crippen LogP contribution in [0.1, 0.15) is 29.8 Å². The van der Waals surface area contributed by atoms with Crippen molar-refractivity contribution in [1.82, 2.24) is 24.7 Å². The zero-order valence-corrected chi connectivity index (χ0v) is 27.1. The first-order chi connectivity index (χ1) is 21.8. The van der Waals surface area contributed by atoms with Crippen molar-refractivity contribution in [2.45, 2.75) is 26.0 Å². The Morgan fingerprint density at radius 1 is 0.822 bits per heavy atom. The lowest BCUT2D eigenvalue weighted by molar-refractivity contribution is -0.0784. The van der Waals surface area contributed by atoms with E-state index in [2.05, 4.69) is 63.7 Å². The Balaban J connectivity index is 1.07. The van der Waals surface area contributed by atoms with E-state index in [0.717, 1.165) is 56.4 Å². The maximum atomic E-state index is 13.0. The van der Waals surface area contributed by atoms with Gasteiger partial charge in [0.2, 0.25) is 0 Å². The molecule has 6 rings (SSSR count). The molecule has 0 saturated carbocycles. The van der Waals surface area contributed by atoms with E-state index < -0.39 is 0 Å². The monoisotopic (exact) mass is 633 g/mol. The molecule has 240 valence electrons. The van der Waals surface area contributed by atoms with Gasteiger partial charge >= 0.3 is 6.03 Å². The van der Waals surface area contributed by atoms with Gasteiger partial charge < -0.3 is 34.8 Å². The molecule has 3 fully saturated rings. The predicted octanol–water partition coefficient (Wildman–Crippen LogP) is 4.22. The molecule has 0 spiro atoms. The van der Waals surface area contributed by atoms with Crippen molar-refractivity contribution in [3.05, 3.63) is 77.1 Å². The summed E-state index contributed by atoms with van der Waals surface area (Å²) < 4.78 is 11.4. The molecule has 3 amide bonds. The summed E-state index contributed by atoms with van der Waals surface area (Å²) in [4.78, 5) is 33.4. The fraction of sp³-hybridized carbons (Fsp3) is 0.455. The second-order valence-corrected chi connectivity index (χ2v) is 13.0. The van der Waals surface area contributed by atoms with E-state index in [1.807, 2.05) is 29.2 Å². The van der Waals surface area contributed by atoms with Gasteiger partial charge in [0.05, 0.1) is 37.2 Å². The summed E-state index contributed by atoms with van der Waals surface area (Å²) >= 11 is 1.76. The number of carbonyl (C=O) groups is 2. The van der Waals surface area contributed by atoms with Crippen LogP contribution in [0.5, 0.6) is 0 Å². The lowest BCUT2D eigenvalue weighted by Crippen LogP contribution is -2.52. The smallest absolute Gasteiger partial charge is 0.323 e. The number of hydrogen-bond acceptors (Lipinski definition) is 9. The Kier molecular flexibility index (Phi) is 9.96. The normalized spacial score (nSPS) is 23.3. The lowest BCUT2D eigenvalue weighted by atomic mass is 10.1. The minimum atomic E-state index is -0.342. The Hall–Kier alpha value is -3.55. The van der Waals surface area contributed by atoms with E-state index in [9.17, 15) is 9.59 Å². The Morgan fingerprint density at radius 2 is 1.51 bits per heavy atom. The second kappa shape index (κ2) is 14.3. The van der Waals surface area contributed by atoms with Crippen LogP contribution in [0.3, 0.4) is 0 Å². The molecule has 4 aliphatic heterocycles. The zero-order valence-electron chi connectivity index (χ0n) is 26.3. The maximum Gasteiger partial charge on any atom is 0.323 e. The number of hydrogen-bond donors (Lipinski definition) is 2. The molecule has 2 aromatic carbocycles. The number of rotatable bonds is 6. The highest BCUT2D eigenvalue weighted by molar-refractivity contribution is 8.11. The number of benzene rings is 2. The minimum absolute atomic E-state index is 0.0208. The van der Waals surface area contributed by atoms with Crippen LogP contribution >= 0.6 is 11.8 Å². The van der Waals surface area contributed by atoms with Crippen molar-refractivity contribution in [2.24, 2.45) is 0 Å². The highest BCUT2D eigenvalue weighted by Crippen LogP contribution is 2.40. The van der Waals surface area contributed by atoms with Gasteiger partial charge in [0.25, 0.3) is 5.91 Å². The highest BCUT2D eigenvalue weighted by atomic mass is 32.2. The molecular formula is C33H43N7O4S. The van der Waals surface area contributed by atoms with Crippen LogP contribution < -0.4 is 10.6 Å². The molecule has 2 aromatic rings. The third kappa shape index (κ3) is 7.82. The quantitative estimate of drug-likeness (QED) is 0.485. The molecule has 0 radical (unpaired) electrons. The number of likely N-dealkylation sites (N-methyl/N-ethyl adjacent to an activating group) is 1. The first-order valence-electron chi connectivity index (χ1n) is 15.7. The highest BCUT2D eigenvalue weighted by Gasteiger charge is 2.27. The van der Waals surface area contributed by atoms with Gasteiger partial charge in [-0.15, -0.1) is 0 Å². The van der Waals surface area contributed by atoms with Crippen LogP contribution in [0.15, 0.2) is 66.0 Å². The number of nitrogens with zero attached hydrogens (tertiary/aromatic N) is 5. The third-order valence-corrected chi connectivity index (χ3v) is 9.77. The van der Waals surface area contributed by atoms with E-state index in [4.69, 9.17) is 9.47 Å². The third-order valence-electron chi connectivity index (χ3n) is 8.64. The number of piperazine rings is 1. The van der Waals surface area contributed by atoms with Crippen LogP contribution in [0.25, 0.3) is 4.91 Å². The van der Waals surface area contributed by atoms with Crippen molar-refractivity contribution >= 4 is 40.0 Å². The van der Waals surface area contributed by atoms with Crippen LogP contribution in [0.4, 0.5) is 16.2 Å². The van der Waals surface area contributed by atoms with E-state index >= 15 is 0 Å². The van der Waals surface area contributed by atoms with Crippen molar-refractivity contribution < 1.29 is 19.1 Å². The minimum Gasteiger partial charge on any atom is -0.378 e. The molecule has 11 nitrogen and oxygen atoms in total. The summed E-state index contributed by atoms with van der Waals surface area (Å²) in [7, 11) is 2.08. The fourth-order valence-electron chi connectivity index (χ4n) is 5.80. The van der Waals surface area contributed by atoms with Crippen LogP contribution in [-0.2, 0) is 9.47 Å². The van der Waals surface area contributed by atoms with E-state index in [0.29, 0.717) is 42.7 Å². The van der Waals surface area contributed by atoms with Crippen LogP contribution in [0, 0.1) is 0 Å². The standard InChI is InChI=1S/C33H43N7O4S/c1-24-20-38(13-12-36(24)3)32(41)27-6-10-29(11-7-27)35-33(42)34-28-8-4-26(5-9-28)30-22-40(39-16-19-44-25(2)21-39)23-31(45-30)37-14-17-43-18-15-37/h4-11,22-25H,12-21H2,1-3H3,(H2,34,35,42). The van der Waals surface area contributed by atoms with Gasteiger partial charge in [-0.05, 0) is 62.9 Å². The molecule has 0 bridgehead atoms. The van der Waals surface area contributed by atoms with Gasteiger partial charge in [-0.3, -0.25) is 9.80 Å². The lowest BCUT2D eigenvalue weighted by Gasteiger charge is -2.41. The number of morpholine rings is 2. The number of nitrogens with one attached hydrogen (secondary N) is 2. The molecule has 45 heavy (non-hydrogen) atoms. The van der Waals surface area contributed by atoms with Crippen LogP contribution in [0.2, 0.25) is 0 Å². The molecule has 4 aliphatic rings. The van der Waals surface area contributed by atoms with E-state index in [1.54, 1.807) is 36.0 Å². The zero-order chi connectivity index (χ0) is 31.3. The van der Waals surface area contributed by atoms with Gasteiger partial charge in [0.1, 0.15) is 0 Å². The van der Waals surface area contributed by atoms with Crippen LogP contribution in [-0.4, -0.2) is 121 Å². The SMILES string of the molecule is CC1CN(N2C=C(c3ccc(NC(=O)Nc4ccc(C(=O)N5CCN(C)C(C)C5)cc4)cc3)SC(N3CCOCC3)=C2)CCO1. The number of carbonyl (C=O) groups excluding carboxylic acids is 2. The Morgan fingerprint density at radius 3 is 2.18 bits per heavy atom. The van der Waals surface area contributed by atoms with Gasteiger partial charge in [-0.25, -0.2) is 9.80 Å². The van der Waals surface area contributed by atoms with Gasteiger partial charge in [0.15, 0.2) is 0 Å². The molecule has 4 heterocycles. The molecule has 12 heteroatoms. The van der Waals surface area contributed by atoms with Gasteiger partial charge in [-0.1, -0.05) is 23.9 Å². The number of hydrazine groups is 1. The van der Waals surface area contributed by atoms with Gasteiger partial charge in [-0.2, -0.15) is 0 Å². The summed E-state index contributed by atoms with van der Waals surface area (Å²) in [5, 5.41) is 11.5. The Bertz CT molecular complexity index is 1410. The fourth-order valence-corrected chi connectivity index (χ4v) is 6.91. The summed E-state index contributed by atoms with van der Waals surface area (Å²) in [5.74, 6) is 0.0208. The number of thioether (sulfide) groups is 1. The molecule has 2 atom stereocenters. The summed E-state index contributed by atoms with van der Waals surface area (Å²) in [6, 6.07) is 15.0. The molecule has 2 N–H and O–H groups in total. The average molecular weight is 634 g/mol. The average Bonchev–Trinajstić information content (AvgIpc) is 3.06. The molecule has 3 saturated heterocycles. The number of amides is 3. The summed E-state index contributed by atoms with van der Waals surface area (Å²) in [6.07, 6.45) is 4.57. The number of urea groups is 1. The van der Waals surface area contributed by atoms with Crippen molar-refractivity contribution in [3.63, 3.8) is 0 Å². The van der Waals surface area contributed by atoms with Crippen molar-refractivity contribution in [3.8, 4) is 0 Å². The van der Waals surface area contributed by atoms with Gasteiger partial charge in [0, 0.05) is 79.9 Å². The Labute approximate surface area is 269 Å². The molecule has 0 aromatic heterocycles. The topological polar surface area (TPSA) is 92.9 Å². The van der Waals surface area contributed by atoms with Crippen molar-refractivity contribution in [1.29, 1.82) is 0 Å². The van der Waals surface area contributed by atoms with Crippen molar-refractivity contribution in [2.75, 3.05) is 83.3 Å². The molecule has 0 aliphatic carbocycles.